The molecule has 0 N–H and O–H groups in total. The second-order valence-corrected chi connectivity index (χ2v) is 13.2. The summed E-state index contributed by atoms with van der Waals surface area (Å²) in [5.41, 5.74) is 0. The summed E-state index contributed by atoms with van der Waals surface area (Å²) >= 11 is 0. The Morgan fingerprint density at radius 1 is 0.460 bits per heavy atom. The van der Waals surface area contributed by atoms with Gasteiger partial charge >= 0.3 is 11.9 Å². The molecule has 0 aliphatic rings. The van der Waals surface area contributed by atoms with Crippen LogP contribution in [0.3, 0.4) is 0 Å². The quantitative estimate of drug-likeness (QED) is 0.0371. The summed E-state index contributed by atoms with van der Waals surface area (Å²) in [4.78, 5) is 24.9. The largest absolute Gasteiger partial charge is 0.462 e. The molecular formula is C45H76O5. The van der Waals surface area contributed by atoms with Crippen molar-refractivity contribution in [2.75, 3.05) is 19.8 Å². The van der Waals surface area contributed by atoms with E-state index in [-0.39, 0.29) is 25.2 Å². The molecule has 5 heteroatoms. The van der Waals surface area contributed by atoms with E-state index >= 15 is 0 Å². The minimum absolute atomic E-state index is 0.0444. The minimum atomic E-state index is -0.559. The molecule has 0 heterocycles. The molecule has 1 unspecified atom stereocenters. The van der Waals surface area contributed by atoms with Crippen molar-refractivity contribution in [3.8, 4) is 0 Å². The molecule has 0 saturated carbocycles. The van der Waals surface area contributed by atoms with E-state index in [0.29, 0.717) is 25.9 Å². The molecule has 0 bridgehead atoms. The van der Waals surface area contributed by atoms with Gasteiger partial charge in [-0.2, -0.15) is 0 Å². The van der Waals surface area contributed by atoms with Crippen LogP contribution >= 0.6 is 0 Å². The molecule has 0 amide bonds. The van der Waals surface area contributed by atoms with E-state index in [1.54, 1.807) is 0 Å². The second kappa shape index (κ2) is 40.8. The highest BCUT2D eigenvalue weighted by molar-refractivity contribution is 5.70. The van der Waals surface area contributed by atoms with Crippen LogP contribution < -0.4 is 0 Å². The number of unbranched alkanes of at least 4 members (excludes halogenated alkanes) is 13. The Labute approximate surface area is 308 Å². The second-order valence-electron chi connectivity index (χ2n) is 13.2. The van der Waals surface area contributed by atoms with Crippen LogP contribution in [0.1, 0.15) is 175 Å². The summed E-state index contributed by atoms with van der Waals surface area (Å²) in [6.07, 6.45) is 50.6. The van der Waals surface area contributed by atoms with E-state index in [0.717, 1.165) is 70.6 Å². The van der Waals surface area contributed by atoms with E-state index in [1.165, 1.54) is 64.2 Å². The molecule has 0 aliphatic carbocycles. The van der Waals surface area contributed by atoms with Gasteiger partial charge in [-0.15, -0.1) is 0 Å². The van der Waals surface area contributed by atoms with Crippen molar-refractivity contribution in [3.05, 3.63) is 72.9 Å². The Hall–Kier alpha value is -2.66. The first kappa shape index (κ1) is 47.3. The third kappa shape index (κ3) is 38.1. The Balaban J connectivity index is 4.26. The third-order valence-electron chi connectivity index (χ3n) is 8.27. The summed E-state index contributed by atoms with van der Waals surface area (Å²) < 4.78 is 17.1. The molecule has 0 aromatic carbocycles. The van der Waals surface area contributed by atoms with Gasteiger partial charge in [-0.25, -0.2) is 0 Å². The first-order chi connectivity index (χ1) is 24.6. The maximum Gasteiger partial charge on any atom is 0.306 e. The van der Waals surface area contributed by atoms with Gasteiger partial charge in [0.1, 0.15) is 6.61 Å². The van der Waals surface area contributed by atoms with Crippen molar-refractivity contribution in [1.29, 1.82) is 0 Å². The van der Waals surface area contributed by atoms with Gasteiger partial charge in [0.25, 0.3) is 0 Å². The topological polar surface area (TPSA) is 61.8 Å². The summed E-state index contributed by atoms with van der Waals surface area (Å²) in [6.45, 7) is 7.56. The number of hydrogen-bond donors (Lipinski definition) is 0. The van der Waals surface area contributed by atoms with Gasteiger partial charge in [-0.3, -0.25) is 9.59 Å². The van der Waals surface area contributed by atoms with Crippen LogP contribution in [0.25, 0.3) is 0 Å². The van der Waals surface area contributed by atoms with Gasteiger partial charge in [0.15, 0.2) is 6.10 Å². The SMILES string of the molecule is CC/C=C\C/C=C\C/C=C\C/C=C\C/C=C\C/C=C\CCC(=O)OCC(COCCCCCCCCCC)OC(=O)CCCCCCCCC. The standard InChI is InChI=1S/C45H76O5/c1-4-7-10-13-16-18-19-20-21-22-23-24-25-26-27-28-30-32-35-38-44(46)49-42-43(41-48-40-37-34-31-17-14-11-8-5-2)50-45(47)39-36-33-29-15-12-9-6-3/h7,10,16,18,20-21,23-24,26-27,30,32,43H,4-6,8-9,11-15,17,19,22,25,28-29,31,33-42H2,1-3H3/b10-7-,18-16-,21-20-,24-23-,27-26-,32-30-. The highest BCUT2D eigenvalue weighted by Crippen LogP contribution is 2.11. The maximum absolute atomic E-state index is 12.5. The molecule has 0 rings (SSSR count). The van der Waals surface area contributed by atoms with E-state index in [1.807, 2.05) is 6.08 Å². The van der Waals surface area contributed by atoms with E-state index in [4.69, 9.17) is 14.2 Å². The fraction of sp³-hybridized carbons (Fsp3) is 0.689. The number of carbonyl (C=O) groups excluding carboxylic acids is 2. The summed E-state index contributed by atoms with van der Waals surface area (Å²) in [5.74, 6) is -0.506. The van der Waals surface area contributed by atoms with Crippen molar-refractivity contribution in [1.82, 2.24) is 0 Å². The molecule has 50 heavy (non-hydrogen) atoms. The number of rotatable bonds is 36. The lowest BCUT2D eigenvalue weighted by Crippen LogP contribution is -2.30. The Morgan fingerprint density at radius 2 is 0.900 bits per heavy atom. The molecule has 5 nitrogen and oxygen atoms in total. The van der Waals surface area contributed by atoms with Gasteiger partial charge in [-0.1, -0.05) is 177 Å². The average molecular weight is 697 g/mol. The lowest BCUT2D eigenvalue weighted by Gasteiger charge is -2.18. The molecule has 1 atom stereocenters. The number of esters is 2. The number of carbonyl (C=O) groups is 2. The van der Waals surface area contributed by atoms with Crippen LogP contribution in [0.4, 0.5) is 0 Å². The fourth-order valence-corrected chi connectivity index (χ4v) is 5.24. The van der Waals surface area contributed by atoms with Crippen molar-refractivity contribution < 1.29 is 23.8 Å². The number of ether oxygens (including phenoxy) is 3. The summed E-state index contributed by atoms with van der Waals surface area (Å²) in [7, 11) is 0. The average Bonchev–Trinajstić information content (AvgIpc) is 3.11. The van der Waals surface area contributed by atoms with Gasteiger partial charge in [0.2, 0.25) is 0 Å². The van der Waals surface area contributed by atoms with Gasteiger partial charge in [-0.05, 0) is 57.8 Å². The van der Waals surface area contributed by atoms with E-state index in [2.05, 4.69) is 87.6 Å². The normalized spacial score (nSPS) is 12.9. The molecule has 286 valence electrons. The molecule has 0 aromatic heterocycles. The molecule has 0 fully saturated rings. The lowest BCUT2D eigenvalue weighted by atomic mass is 10.1. The van der Waals surface area contributed by atoms with Gasteiger partial charge < -0.3 is 14.2 Å². The number of allylic oxidation sites excluding steroid dienone is 12. The van der Waals surface area contributed by atoms with Crippen molar-refractivity contribution in [3.63, 3.8) is 0 Å². The molecule has 0 radical (unpaired) electrons. The molecular weight excluding hydrogens is 620 g/mol. The zero-order valence-electron chi connectivity index (χ0n) is 32.6. The summed E-state index contributed by atoms with van der Waals surface area (Å²) in [6, 6.07) is 0. The molecule has 0 aromatic rings. The van der Waals surface area contributed by atoms with Gasteiger partial charge in [0, 0.05) is 19.4 Å². The van der Waals surface area contributed by atoms with Crippen LogP contribution in [-0.2, 0) is 23.8 Å². The monoisotopic (exact) mass is 697 g/mol. The van der Waals surface area contributed by atoms with Crippen LogP contribution in [0.5, 0.6) is 0 Å². The minimum Gasteiger partial charge on any atom is -0.462 e. The van der Waals surface area contributed by atoms with Crippen molar-refractivity contribution in [2.24, 2.45) is 0 Å². The van der Waals surface area contributed by atoms with Crippen molar-refractivity contribution >= 4 is 11.9 Å². The molecule has 0 spiro atoms. The lowest BCUT2D eigenvalue weighted by molar-refractivity contribution is -0.162. The highest BCUT2D eigenvalue weighted by atomic mass is 16.6. The molecule has 0 aliphatic heterocycles. The maximum atomic E-state index is 12.5. The predicted octanol–water partition coefficient (Wildman–Crippen LogP) is 13.2. The first-order valence-corrected chi connectivity index (χ1v) is 20.5. The Morgan fingerprint density at radius 3 is 1.40 bits per heavy atom. The van der Waals surface area contributed by atoms with Crippen LogP contribution in [-0.4, -0.2) is 37.9 Å². The van der Waals surface area contributed by atoms with Gasteiger partial charge in [0.05, 0.1) is 6.61 Å². The fourth-order valence-electron chi connectivity index (χ4n) is 5.24. The van der Waals surface area contributed by atoms with Crippen LogP contribution in [0.15, 0.2) is 72.9 Å². The third-order valence-corrected chi connectivity index (χ3v) is 8.27. The summed E-state index contributed by atoms with van der Waals surface area (Å²) in [5, 5.41) is 0. The van der Waals surface area contributed by atoms with Crippen LogP contribution in [0, 0.1) is 0 Å². The van der Waals surface area contributed by atoms with Crippen LogP contribution in [0.2, 0.25) is 0 Å². The molecule has 0 saturated heterocycles. The van der Waals surface area contributed by atoms with Crippen molar-refractivity contribution in [2.45, 2.75) is 181 Å². The highest BCUT2D eigenvalue weighted by Gasteiger charge is 2.17. The predicted molar refractivity (Wildman–Crippen MR) is 214 cm³/mol. The zero-order valence-corrected chi connectivity index (χ0v) is 32.6. The smallest absolute Gasteiger partial charge is 0.306 e. The Kier molecular flexibility index (Phi) is 38.6. The number of hydrogen-bond acceptors (Lipinski definition) is 5. The first-order valence-electron chi connectivity index (χ1n) is 20.5. The Bertz CT molecular complexity index is 926. The van der Waals surface area contributed by atoms with E-state index < -0.39 is 6.10 Å². The zero-order chi connectivity index (χ0) is 36.4. The van der Waals surface area contributed by atoms with E-state index in [9.17, 15) is 9.59 Å².